The molecule has 0 saturated heterocycles. The number of nitrogens with two attached hydrogens (primary N) is 1. The van der Waals surface area contributed by atoms with Crippen molar-refractivity contribution in [3.63, 3.8) is 0 Å². The van der Waals surface area contributed by atoms with Crippen molar-refractivity contribution in [2.75, 3.05) is 5.73 Å². The van der Waals surface area contributed by atoms with Gasteiger partial charge in [-0.2, -0.15) is 10.4 Å². The fourth-order valence-electron chi connectivity index (χ4n) is 1.19. The van der Waals surface area contributed by atoms with Crippen LogP contribution in [0.2, 0.25) is 0 Å². The second-order valence-corrected chi connectivity index (χ2v) is 2.78. The van der Waals surface area contributed by atoms with Gasteiger partial charge in [-0.1, -0.05) is 12.2 Å². The summed E-state index contributed by atoms with van der Waals surface area (Å²) in [7, 11) is 0. The number of hydrogen-bond acceptors (Lipinski definition) is 3. The van der Waals surface area contributed by atoms with Gasteiger partial charge in [-0.05, 0) is 0 Å². The molecule has 14 heavy (non-hydrogen) atoms. The van der Waals surface area contributed by atoms with E-state index in [4.69, 9.17) is 11.0 Å². The van der Waals surface area contributed by atoms with Crippen LogP contribution in [-0.4, -0.2) is 9.78 Å². The molecule has 0 unspecified atom stereocenters. The van der Waals surface area contributed by atoms with Gasteiger partial charge in [-0.15, -0.1) is 13.2 Å². The Bertz CT molecular complexity index is 395. The topological polar surface area (TPSA) is 67.6 Å². The molecular formula is C10H12N4. The van der Waals surface area contributed by atoms with Crippen LogP contribution in [0.4, 0.5) is 5.82 Å². The molecule has 1 aromatic heterocycles. The number of allylic oxidation sites excluding steroid dienone is 2. The molecule has 0 bridgehead atoms. The molecule has 0 aliphatic heterocycles. The molecule has 0 saturated carbocycles. The summed E-state index contributed by atoms with van der Waals surface area (Å²) in [6, 6.07) is 2.04. The summed E-state index contributed by atoms with van der Waals surface area (Å²) in [5, 5.41) is 13.1. The summed E-state index contributed by atoms with van der Waals surface area (Å²) in [5.74, 6) is 0.393. The molecule has 0 aliphatic carbocycles. The molecule has 1 rings (SSSR count). The highest BCUT2D eigenvalue weighted by molar-refractivity contribution is 5.52. The third-order valence-corrected chi connectivity index (χ3v) is 1.82. The zero-order valence-corrected chi connectivity index (χ0v) is 7.90. The summed E-state index contributed by atoms with van der Waals surface area (Å²) in [4.78, 5) is 0. The summed E-state index contributed by atoms with van der Waals surface area (Å²) >= 11 is 0. The molecule has 0 fully saturated rings. The minimum Gasteiger partial charge on any atom is -0.383 e. The highest BCUT2D eigenvalue weighted by Crippen LogP contribution is 2.16. The van der Waals surface area contributed by atoms with Crippen molar-refractivity contribution in [1.29, 1.82) is 5.26 Å². The van der Waals surface area contributed by atoms with Gasteiger partial charge in [0, 0.05) is 6.42 Å². The van der Waals surface area contributed by atoms with Crippen molar-refractivity contribution in [3.8, 4) is 6.07 Å². The lowest BCUT2D eigenvalue weighted by atomic mass is 10.2. The van der Waals surface area contributed by atoms with Crippen LogP contribution in [0, 0.1) is 11.3 Å². The molecule has 0 amide bonds. The van der Waals surface area contributed by atoms with Gasteiger partial charge in [0.15, 0.2) is 0 Å². The van der Waals surface area contributed by atoms with Crippen molar-refractivity contribution in [1.82, 2.24) is 9.78 Å². The lowest BCUT2D eigenvalue weighted by Crippen LogP contribution is -2.03. The van der Waals surface area contributed by atoms with Gasteiger partial charge in [0.2, 0.25) is 0 Å². The van der Waals surface area contributed by atoms with Crippen LogP contribution >= 0.6 is 0 Å². The molecule has 2 N–H and O–H groups in total. The van der Waals surface area contributed by atoms with E-state index >= 15 is 0 Å². The SMILES string of the molecule is C=CCc1nn(CC=C)c(N)c1C#N. The summed E-state index contributed by atoms with van der Waals surface area (Å²) in [5.41, 5.74) is 6.83. The van der Waals surface area contributed by atoms with Gasteiger partial charge in [0.05, 0.1) is 12.2 Å². The largest absolute Gasteiger partial charge is 0.383 e. The van der Waals surface area contributed by atoms with E-state index < -0.39 is 0 Å². The van der Waals surface area contributed by atoms with Crippen molar-refractivity contribution in [3.05, 3.63) is 36.6 Å². The summed E-state index contributed by atoms with van der Waals surface area (Å²) in [6.07, 6.45) is 3.93. The van der Waals surface area contributed by atoms with Crippen LogP contribution in [0.1, 0.15) is 11.3 Å². The quantitative estimate of drug-likeness (QED) is 0.723. The number of anilines is 1. The first-order chi connectivity index (χ1) is 6.74. The normalized spacial score (nSPS) is 9.36. The molecule has 1 aromatic rings. The average molecular weight is 188 g/mol. The molecular weight excluding hydrogens is 176 g/mol. The fraction of sp³-hybridized carbons (Fsp3) is 0.200. The minimum absolute atomic E-state index is 0.393. The van der Waals surface area contributed by atoms with E-state index in [0.29, 0.717) is 30.0 Å². The van der Waals surface area contributed by atoms with Crippen molar-refractivity contribution >= 4 is 5.82 Å². The van der Waals surface area contributed by atoms with E-state index in [1.54, 1.807) is 16.8 Å². The molecule has 0 spiro atoms. The number of hydrogen-bond donors (Lipinski definition) is 1. The van der Waals surface area contributed by atoms with Crippen molar-refractivity contribution < 1.29 is 0 Å². The number of aromatic nitrogens is 2. The summed E-state index contributed by atoms with van der Waals surface area (Å²) in [6.45, 7) is 7.70. The molecule has 0 aromatic carbocycles. The van der Waals surface area contributed by atoms with Crippen LogP contribution in [0.15, 0.2) is 25.3 Å². The van der Waals surface area contributed by atoms with E-state index in [2.05, 4.69) is 18.3 Å². The van der Waals surface area contributed by atoms with Crippen LogP contribution < -0.4 is 5.73 Å². The van der Waals surface area contributed by atoms with Gasteiger partial charge in [-0.3, -0.25) is 0 Å². The fourth-order valence-corrected chi connectivity index (χ4v) is 1.19. The highest BCUT2D eigenvalue weighted by atomic mass is 15.3. The Morgan fingerprint density at radius 3 is 2.71 bits per heavy atom. The monoisotopic (exact) mass is 188 g/mol. The van der Waals surface area contributed by atoms with Crippen molar-refractivity contribution in [2.45, 2.75) is 13.0 Å². The molecule has 72 valence electrons. The molecule has 0 atom stereocenters. The van der Waals surface area contributed by atoms with Crippen LogP contribution in [-0.2, 0) is 13.0 Å². The maximum Gasteiger partial charge on any atom is 0.140 e. The number of rotatable bonds is 4. The van der Waals surface area contributed by atoms with Gasteiger partial charge in [0.1, 0.15) is 17.5 Å². The standard InChI is InChI=1S/C10H12N4/c1-3-5-9-8(7-11)10(12)14(13-9)6-4-2/h3-4H,1-2,5-6,12H2. The Hall–Kier alpha value is -2.02. The average Bonchev–Trinajstić information content (AvgIpc) is 2.45. The van der Waals surface area contributed by atoms with Gasteiger partial charge >= 0.3 is 0 Å². The van der Waals surface area contributed by atoms with Gasteiger partial charge in [0.25, 0.3) is 0 Å². The van der Waals surface area contributed by atoms with E-state index in [1.165, 1.54) is 0 Å². The zero-order valence-electron chi connectivity index (χ0n) is 7.90. The molecule has 4 nitrogen and oxygen atoms in total. The van der Waals surface area contributed by atoms with E-state index in [-0.39, 0.29) is 0 Å². The Balaban J connectivity index is 3.18. The molecule has 0 radical (unpaired) electrons. The third-order valence-electron chi connectivity index (χ3n) is 1.82. The number of nitriles is 1. The van der Waals surface area contributed by atoms with E-state index in [1.807, 2.05) is 6.07 Å². The summed E-state index contributed by atoms with van der Waals surface area (Å²) < 4.78 is 1.56. The number of nitrogen functional groups attached to an aromatic ring is 1. The van der Waals surface area contributed by atoms with Crippen LogP contribution in [0.3, 0.4) is 0 Å². The Labute approximate surface area is 82.9 Å². The van der Waals surface area contributed by atoms with E-state index in [9.17, 15) is 0 Å². The van der Waals surface area contributed by atoms with E-state index in [0.717, 1.165) is 0 Å². The predicted octanol–water partition coefficient (Wildman–Crippen LogP) is 1.25. The lowest BCUT2D eigenvalue weighted by Gasteiger charge is -1.97. The zero-order chi connectivity index (χ0) is 10.6. The second kappa shape index (κ2) is 4.28. The highest BCUT2D eigenvalue weighted by Gasteiger charge is 2.12. The molecule has 0 aliphatic rings. The molecule has 4 heteroatoms. The Morgan fingerprint density at radius 2 is 2.21 bits per heavy atom. The first kappa shape index (κ1) is 10.1. The maximum absolute atomic E-state index is 8.86. The Kier molecular flexibility index (Phi) is 3.08. The van der Waals surface area contributed by atoms with Crippen LogP contribution in [0.25, 0.3) is 0 Å². The number of nitrogens with zero attached hydrogens (tertiary/aromatic N) is 3. The smallest absolute Gasteiger partial charge is 0.140 e. The Morgan fingerprint density at radius 1 is 1.50 bits per heavy atom. The second-order valence-electron chi connectivity index (χ2n) is 2.78. The lowest BCUT2D eigenvalue weighted by molar-refractivity contribution is 0.700. The maximum atomic E-state index is 8.86. The third kappa shape index (κ3) is 1.67. The van der Waals surface area contributed by atoms with Gasteiger partial charge < -0.3 is 5.73 Å². The van der Waals surface area contributed by atoms with Crippen molar-refractivity contribution in [2.24, 2.45) is 0 Å². The van der Waals surface area contributed by atoms with Gasteiger partial charge in [-0.25, -0.2) is 4.68 Å². The first-order valence-electron chi connectivity index (χ1n) is 4.21. The molecule has 1 heterocycles. The predicted molar refractivity (Wildman–Crippen MR) is 55.5 cm³/mol. The minimum atomic E-state index is 0.393. The first-order valence-corrected chi connectivity index (χ1v) is 4.21. The van der Waals surface area contributed by atoms with Crippen LogP contribution in [0.5, 0.6) is 0 Å².